The summed E-state index contributed by atoms with van der Waals surface area (Å²) in [5, 5.41) is 13.6. The second kappa shape index (κ2) is 7.27. The highest BCUT2D eigenvalue weighted by Crippen LogP contribution is 2.26. The lowest BCUT2D eigenvalue weighted by molar-refractivity contribution is 0.0663. The molecule has 0 fully saturated rings. The first-order valence-corrected chi connectivity index (χ1v) is 7.60. The van der Waals surface area contributed by atoms with E-state index in [1.54, 1.807) is 6.07 Å². The molecule has 0 saturated carbocycles. The lowest BCUT2D eigenvalue weighted by Crippen LogP contribution is -2.26. The zero-order valence-electron chi connectivity index (χ0n) is 12.7. The van der Waals surface area contributed by atoms with Crippen LogP contribution in [0.2, 0.25) is 0 Å². The number of hydrogen-bond donors (Lipinski definition) is 2. The fraction of sp³-hybridized carbons (Fsp3) is 0.471. The topological polar surface area (TPSA) is 62.5 Å². The Balaban J connectivity index is 2.10. The first-order valence-electron chi connectivity index (χ1n) is 7.60. The highest BCUT2D eigenvalue weighted by molar-refractivity contribution is 5.95. The zero-order valence-corrected chi connectivity index (χ0v) is 12.7. The maximum atomic E-state index is 11.3. The summed E-state index contributed by atoms with van der Waals surface area (Å²) < 4.78 is 5.45. The number of fused-ring (bicyclic) bond motifs is 1. The molecule has 0 bridgehead atoms. The first-order chi connectivity index (χ1) is 10.1. The summed E-state index contributed by atoms with van der Waals surface area (Å²) in [6, 6.07) is 7.83. The molecule has 0 radical (unpaired) electrons. The van der Waals surface area contributed by atoms with Crippen LogP contribution in [-0.4, -0.2) is 17.1 Å². The minimum atomic E-state index is -1.01. The van der Waals surface area contributed by atoms with Crippen LogP contribution in [0.15, 0.2) is 28.7 Å². The van der Waals surface area contributed by atoms with Gasteiger partial charge in [-0.25, -0.2) is 4.79 Å². The first kappa shape index (κ1) is 15.6. The summed E-state index contributed by atoms with van der Waals surface area (Å²) in [6.07, 6.45) is 4.75. The smallest absolute Gasteiger partial charge is 0.372 e. The number of unbranched alkanes of at least 4 members (excludes halogenated alkanes) is 2. The summed E-state index contributed by atoms with van der Waals surface area (Å²) in [6.45, 7) is 4.85. The van der Waals surface area contributed by atoms with Crippen molar-refractivity contribution >= 4 is 16.9 Å². The molecular formula is C17H23NO3. The van der Waals surface area contributed by atoms with Gasteiger partial charge in [0.25, 0.3) is 0 Å². The van der Waals surface area contributed by atoms with Crippen molar-refractivity contribution in [2.45, 2.75) is 52.1 Å². The van der Waals surface area contributed by atoms with Crippen molar-refractivity contribution in [1.82, 2.24) is 5.32 Å². The Kier molecular flexibility index (Phi) is 5.39. The number of rotatable bonds is 8. The number of carboxylic acids is 1. The molecule has 0 saturated heterocycles. The van der Waals surface area contributed by atoms with Gasteiger partial charge in [-0.05, 0) is 19.4 Å². The van der Waals surface area contributed by atoms with Gasteiger partial charge < -0.3 is 14.8 Å². The second-order valence-corrected chi connectivity index (χ2v) is 5.49. The van der Waals surface area contributed by atoms with Gasteiger partial charge in [-0.1, -0.05) is 44.4 Å². The third-order valence-corrected chi connectivity index (χ3v) is 3.76. The molecule has 1 atom stereocenters. The molecular weight excluding hydrogens is 266 g/mol. The van der Waals surface area contributed by atoms with Crippen LogP contribution in [0, 0.1) is 0 Å². The maximum absolute atomic E-state index is 11.3. The van der Waals surface area contributed by atoms with E-state index in [9.17, 15) is 9.90 Å². The van der Waals surface area contributed by atoms with Gasteiger partial charge in [0.1, 0.15) is 5.58 Å². The van der Waals surface area contributed by atoms with Crippen molar-refractivity contribution in [3.8, 4) is 0 Å². The van der Waals surface area contributed by atoms with E-state index < -0.39 is 5.97 Å². The van der Waals surface area contributed by atoms with Crippen molar-refractivity contribution < 1.29 is 14.3 Å². The number of benzene rings is 1. The van der Waals surface area contributed by atoms with Gasteiger partial charge in [-0.3, -0.25) is 0 Å². The molecule has 0 spiro atoms. The van der Waals surface area contributed by atoms with Gasteiger partial charge >= 0.3 is 5.97 Å². The number of carbonyl (C=O) groups is 1. The van der Waals surface area contributed by atoms with Gasteiger partial charge in [-0.2, -0.15) is 0 Å². The van der Waals surface area contributed by atoms with Gasteiger partial charge in [0.05, 0.1) is 0 Å². The third-order valence-electron chi connectivity index (χ3n) is 3.76. The van der Waals surface area contributed by atoms with Crippen molar-refractivity contribution in [1.29, 1.82) is 0 Å². The van der Waals surface area contributed by atoms with Crippen LogP contribution in [-0.2, 0) is 6.54 Å². The monoisotopic (exact) mass is 289 g/mol. The molecule has 1 aromatic heterocycles. The van der Waals surface area contributed by atoms with Gasteiger partial charge in [0.2, 0.25) is 5.76 Å². The Labute approximate surface area is 125 Å². The Morgan fingerprint density at radius 2 is 2.10 bits per heavy atom. The summed E-state index contributed by atoms with van der Waals surface area (Å²) in [5.74, 6) is -0.967. The Morgan fingerprint density at radius 3 is 2.81 bits per heavy atom. The minimum absolute atomic E-state index is 0.0458. The lowest BCUT2D eigenvalue weighted by Gasteiger charge is -2.13. The summed E-state index contributed by atoms with van der Waals surface area (Å²) in [4.78, 5) is 11.3. The van der Waals surface area contributed by atoms with Crippen LogP contribution in [0.25, 0.3) is 11.0 Å². The second-order valence-electron chi connectivity index (χ2n) is 5.49. The number of carboxylic acid groups (broad SMARTS) is 1. The fourth-order valence-electron chi connectivity index (χ4n) is 2.53. The van der Waals surface area contributed by atoms with E-state index in [1.807, 2.05) is 18.2 Å². The maximum Gasteiger partial charge on any atom is 0.372 e. The van der Waals surface area contributed by atoms with E-state index in [-0.39, 0.29) is 5.76 Å². The van der Waals surface area contributed by atoms with Crippen LogP contribution in [0.4, 0.5) is 0 Å². The highest BCUT2D eigenvalue weighted by Gasteiger charge is 2.19. The van der Waals surface area contributed by atoms with Crippen LogP contribution < -0.4 is 5.32 Å². The van der Waals surface area contributed by atoms with Gasteiger partial charge in [0.15, 0.2) is 0 Å². The van der Waals surface area contributed by atoms with E-state index in [0.29, 0.717) is 18.2 Å². The Bertz CT molecular complexity index is 603. The molecule has 2 aromatic rings. The summed E-state index contributed by atoms with van der Waals surface area (Å²) >= 11 is 0. The average Bonchev–Trinajstić information content (AvgIpc) is 2.84. The quantitative estimate of drug-likeness (QED) is 0.715. The minimum Gasteiger partial charge on any atom is -0.475 e. The van der Waals surface area contributed by atoms with E-state index in [1.165, 1.54) is 19.3 Å². The summed E-state index contributed by atoms with van der Waals surface area (Å²) in [7, 11) is 0. The van der Waals surface area contributed by atoms with E-state index in [2.05, 4.69) is 19.2 Å². The molecule has 4 heteroatoms. The van der Waals surface area contributed by atoms with Crippen molar-refractivity contribution in [2.75, 3.05) is 0 Å². The van der Waals surface area contributed by atoms with Crippen molar-refractivity contribution in [3.05, 3.63) is 35.6 Å². The predicted molar refractivity (Wildman–Crippen MR) is 83.6 cm³/mol. The molecule has 1 aromatic carbocycles. The summed E-state index contributed by atoms with van der Waals surface area (Å²) in [5.41, 5.74) is 1.37. The molecule has 0 aliphatic carbocycles. The lowest BCUT2D eigenvalue weighted by atomic mass is 10.1. The molecule has 2 rings (SSSR count). The Morgan fingerprint density at radius 1 is 1.33 bits per heavy atom. The van der Waals surface area contributed by atoms with Crippen LogP contribution in [0.1, 0.15) is 55.6 Å². The number of aromatic carboxylic acids is 1. The van der Waals surface area contributed by atoms with Gasteiger partial charge in [-0.15, -0.1) is 0 Å². The molecule has 2 N–H and O–H groups in total. The highest BCUT2D eigenvalue weighted by atomic mass is 16.4. The molecule has 1 heterocycles. The predicted octanol–water partition coefficient (Wildman–Crippen LogP) is 4.19. The normalized spacial score (nSPS) is 12.7. The van der Waals surface area contributed by atoms with Crippen LogP contribution in [0.3, 0.4) is 0 Å². The van der Waals surface area contributed by atoms with Gasteiger partial charge in [0, 0.05) is 23.5 Å². The number of furan rings is 1. The van der Waals surface area contributed by atoms with E-state index >= 15 is 0 Å². The number of nitrogens with one attached hydrogen (secondary N) is 1. The average molecular weight is 289 g/mol. The molecule has 0 aliphatic rings. The number of hydrogen-bond acceptors (Lipinski definition) is 3. The standard InChI is InChI=1S/C17H23NO3/c1-3-4-5-8-12(2)18-11-14-13-9-6-7-10-15(13)21-16(14)17(19)20/h6-7,9-10,12,18H,3-5,8,11H2,1-2H3,(H,19,20). The van der Waals surface area contributed by atoms with E-state index in [0.717, 1.165) is 17.4 Å². The van der Waals surface area contributed by atoms with E-state index in [4.69, 9.17) is 4.42 Å². The SMILES string of the molecule is CCCCCC(C)NCc1c(C(=O)O)oc2ccccc12. The van der Waals surface area contributed by atoms with Crippen LogP contribution >= 0.6 is 0 Å². The molecule has 114 valence electrons. The molecule has 4 nitrogen and oxygen atoms in total. The largest absolute Gasteiger partial charge is 0.475 e. The molecule has 0 amide bonds. The third kappa shape index (κ3) is 3.85. The van der Waals surface area contributed by atoms with Crippen LogP contribution in [0.5, 0.6) is 0 Å². The zero-order chi connectivity index (χ0) is 15.2. The number of para-hydroxylation sites is 1. The van der Waals surface area contributed by atoms with Crippen molar-refractivity contribution in [2.24, 2.45) is 0 Å². The van der Waals surface area contributed by atoms with Crippen molar-refractivity contribution in [3.63, 3.8) is 0 Å². The Hall–Kier alpha value is -1.81. The molecule has 0 aliphatic heterocycles. The fourth-order valence-corrected chi connectivity index (χ4v) is 2.53. The molecule has 1 unspecified atom stereocenters. The molecule has 21 heavy (non-hydrogen) atoms.